The Bertz CT molecular complexity index is 312. The molecule has 0 saturated carbocycles. The highest BCUT2D eigenvalue weighted by Gasteiger charge is 2.09. The van der Waals surface area contributed by atoms with Gasteiger partial charge in [-0.1, -0.05) is 35.0 Å². The van der Waals surface area contributed by atoms with E-state index in [1.807, 2.05) is 13.0 Å². The maximum atomic E-state index is 12.9. The van der Waals surface area contributed by atoms with Crippen molar-refractivity contribution in [2.24, 2.45) is 0 Å². The molecular formula is C10H10BrFO. The van der Waals surface area contributed by atoms with Crippen LogP contribution in [0.1, 0.15) is 24.2 Å². The summed E-state index contributed by atoms with van der Waals surface area (Å²) < 4.78 is 13.7. The summed E-state index contributed by atoms with van der Waals surface area (Å²) in [6.07, 6.45) is -0.325. The molecule has 70 valence electrons. The summed E-state index contributed by atoms with van der Waals surface area (Å²) in [5, 5.41) is 0. The van der Waals surface area contributed by atoms with Gasteiger partial charge in [0.1, 0.15) is 0 Å². The Morgan fingerprint density at radius 2 is 2.31 bits per heavy atom. The lowest BCUT2D eigenvalue weighted by Crippen LogP contribution is -1.93. The normalized spacial score (nSPS) is 12.5. The smallest absolute Gasteiger partial charge is 0.180 e. The molecular weight excluding hydrogens is 235 g/mol. The number of carbonyl (C=O) groups excluding carboxylic acids is 1. The van der Waals surface area contributed by atoms with Gasteiger partial charge >= 0.3 is 0 Å². The Morgan fingerprint density at radius 1 is 1.62 bits per heavy atom. The fourth-order valence-corrected chi connectivity index (χ4v) is 1.78. The average molecular weight is 245 g/mol. The summed E-state index contributed by atoms with van der Waals surface area (Å²) in [7, 11) is 0. The van der Waals surface area contributed by atoms with Crippen molar-refractivity contribution in [3.05, 3.63) is 33.8 Å². The highest BCUT2D eigenvalue weighted by molar-refractivity contribution is 9.10. The van der Waals surface area contributed by atoms with Crippen LogP contribution in [0.5, 0.6) is 0 Å². The summed E-state index contributed by atoms with van der Waals surface area (Å²) >= 11 is 3.32. The maximum Gasteiger partial charge on any atom is 0.180 e. The topological polar surface area (TPSA) is 17.1 Å². The fourth-order valence-electron chi connectivity index (χ4n) is 1.10. The Kier molecular flexibility index (Phi) is 3.60. The first-order valence-corrected chi connectivity index (χ1v) is 4.86. The van der Waals surface area contributed by atoms with Crippen LogP contribution in [-0.4, -0.2) is 6.29 Å². The zero-order valence-corrected chi connectivity index (χ0v) is 8.84. The third-order valence-corrected chi connectivity index (χ3v) is 2.63. The molecule has 0 bridgehead atoms. The van der Waals surface area contributed by atoms with E-state index in [4.69, 9.17) is 0 Å². The molecule has 0 N–H and O–H groups in total. The lowest BCUT2D eigenvalue weighted by atomic mass is 10.1. The van der Waals surface area contributed by atoms with Crippen LogP contribution in [-0.2, 0) is 11.2 Å². The van der Waals surface area contributed by atoms with E-state index in [0.717, 1.165) is 16.5 Å². The Labute approximate surface area is 85.1 Å². The SMILES string of the molecule is CCc1ccc(C(F)C=O)cc1Br. The first kappa shape index (κ1) is 10.4. The summed E-state index contributed by atoms with van der Waals surface area (Å²) in [5.74, 6) is 0. The second-order valence-electron chi connectivity index (χ2n) is 2.74. The molecule has 1 nitrogen and oxygen atoms in total. The molecule has 0 aliphatic carbocycles. The van der Waals surface area contributed by atoms with Gasteiger partial charge in [0.05, 0.1) is 0 Å². The highest BCUT2D eigenvalue weighted by Crippen LogP contribution is 2.23. The van der Waals surface area contributed by atoms with Crippen LogP contribution in [0.25, 0.3) is 0 Å². The number of alkyl halides is 1. The van der Waals surface area contributed by atoms with Crippen molar-refractivity contribution < 1.29 is 9.18 Å². The minimum Gasteiger partial charge on any atom is -0.300 e. The number of rotatable bonds is 3. The number of benzene rings is 1. The van der Waals surface area contributed by atoms with Crippen molar-refractivity contribution in [3.63, 3.8) is 0 Å². The largest absolute Gasteiger partial charge is 0.300 e. The van der Waals surface area contributed by atoms with Crippen molar-refractivity contribution in [2.75, 3.05) is 0 Å². The third-order valence-electron chi connectivity index (χ3n) is 1.90. The number of aldehydes is 1. The predicted octanol–water partition coefficient (Wildman–Crippen LogP) is 3.22. The molecule has 0 fully saturated rings. The average Bonchev–Trinajstić information content (AvgIpc) is 2.16. The summed E-state index contributed by atoms with van der Waals surface area (Å²) in [4.78, 5) is 10.2. The molecule has 0 aliphatic heterocycles. The molecule has 0 heterocycles. The highest BCUT2D eigenvalue weighted by atomic mass is 79.9. The minimum absolute atomic E-state index is 0.299. The molecule has 1 unspecified atom stereocenters. The summed E-state index contributed by atoms with van der Waals surface area (Å²) in [6, 6.07) is 5.12. The quantitative estimate of drug-likeness (QED) is 0.747. The monoisotopic (exact) mass is 244 g/mol. The van der Waals surface area contributed by atoms with Gasteiger partial charge in [0.2, 0.25) is 0 Å². The first-order chi connectivity index (χ1) is 6.19. The number of hydrogen-bond donors (Lipinski definition) is 0. The number of hydrogen-bond acceptors (Lipinski definition) is 1. The van der Waals surface area contributed by atoms with Crippen molar-refractivity contribution in [2.45, 2.75) is 19.5 Å². The van der Waals surface area contributed by atoms with Crippen molar-refractivity contribution in [3.8, 4) is 0 Å². The first-order valence-electron chi connectivity index (χ1n) is 4.06. The number of halogens is 2. The van der Waals surface area contributed by atoms with Gasteiger partial charge in [-0.05, 0) is 23.6 Å². The molecule has 1 atom stereocenters. The predicted molar refractivity (Wildman–Crippen MR) is 53.4 cm³/mol. The van der Waals surface area contributed by atoms with Crippen LogP contribution in [0.4, 0.5) is 4.39 Å². The van der Waals surface area contributed by atoms with Crippen LogP contribution in [0.3, 0.4) is 0 Å². The van der Waals surface area contributed by atoms with Gasteiger partial charge < -0.3 is 0 Å². The van der Waals surface area contributed by atoms with Crippen LogP contribution in [0, 0.1) is 0 Å². The van der Waals surface area contributed by atoms with Gasteiger partial charge in [0, 0.05) is 4.47 Å². The zero-order chi connectivity index (χ0) is 9.84. The van der Waals surface area contributed by atoms with E-state index in [9.17, 15) is 9.18 Å². The maximum absolute atomic E-state index is 12.9. The molecule has 0 spiro atoms. The molecule has 0 aromatic heterocycles. The Morgan fingerprint density at radius 3 is 2.77 bits per heavy atom. The van der Waals surface area contributed by atoms with E-state index in [0.29, 0.717) is 11.8 Å². The van der Waals surface area contributed by atoms with Gasteiger partial charge in [-0.15, -0.1) is 0 Å². The molecule has 13 heavy (non-hydrogen) atoms. The summed E-state index contributed by atoms with van der Waals surface area (Å²) in [5.41, 5.74) is 1.51. The minimum atomic E-state index is -1.51. The molecule has 1 aromatic carbocycles. The van der Waals surface area contributed by atoms with Crippen molar-refractivity contribution in [1.29, 1.82) is 0 Å². The summed E-state index contributed by atoms with van der Waals surface area (Å²) in [6.45, 7) is 2.02. The standard InChI is InChI=1S/C10H10BrFO/c1-2-7-3-4-8(5-9(7)11)10(12)6-13/h3-6,10H,2H2,1H3. The molecule has 0 aliphatic rings. The van der Waals surface area contributed by atoms with Crippen molar-refractivity contribution in [1.82, 2.24) is 0 Å². The van der Waals surface area contributed by atoms with Gasteiger partial charge in [0.25, 0.3) is 0 Å². The zero-order valence-electron chi connectivity index (χ0n) is 7.26. The Balaban J connectivity index is 3.02. The molecule has 1 aromatic rings. The van der Waals surface area contributed by atoms with E-state index in [2.05, 4.69) is 15.9 Å². The molecule has 1 rings (SSSR count). The Hall–Kier alpha value is -0.700. The van der Waals surface area contributed by atoms with Gasteiger partial charge in [-0.3, -0.25) is 4.79 Å². The van der Waals surface area contributed by atoms with Gasteiger partial charge in [-0.25, -0.2) is 4.39 Å². The lowest BCUT2D eigenvalue weighted by molar-refractivity contribution is -0.112. The van der Waals surface area contributed by atoms with E-state index in [-0.39, 0.29) is 0 Å². The van der Waals surface area contributed by atoms with Crippen LogP contribution < -0.4 is 0 Å². The lowest BCUT2D eigenvalue weighted by Gasteiger charge is -2.05. The van der Waals surface area contributed by atoms with Crippen molar-refractivity contribution >= 4 is 22.2 Å². The number of aryl methyl sites for hydroxylation is 1. The van der Waals surface area contributed by atoms with E-state index < -0.39 is 6.17 Å². The fraction of sp³-hybridized carbons (Fsp3) is 0.300. The van der Waals surface area contributed by atoms with Gasteiger partial charge in [-0.2, -0.15) is 0 Å². The van der Waals surface area contributed by atoms with Gasteiger partial charge in [0.15, 0.2) is 12.5 Å². The molecule has 0 saturated heterocycles. The van der Waals surface area contributed by atoms with Crippen LogP contribution >= 0.6 is 15.9 Å². The second-order valence-corrected chi connectivity index (χ2v) is 3.60. The molecule has 0 amide bonds. The molecule has 0 radical (unpaired) electrons. The number of carbonyl (C=O) groups is 1. The third kappa shape index (κ3) is 2.37. The van der Waals surface area contributed by atoms with E-state index in [1.165, 1.54) is 0 Å². The van der Waals surface area contributed by atoms with Crippen LogP contribution in [0.2, 0.25) is 0 Å². The van der Waals surface area contributed by atoms with Crippen LogP contribution in [0.15, 0.2) is 22.7 Å². The molecule has 3 heteroatoms. The van der Waals surface area contributed by atoms with E-state index >= 15 is 0 Å². The van der Waals surface area contributed by atoms with E-state index in [1.54, 1.807) is 12.1 Å². The second kappa shape index (κ2) is 4.51.